The molecule has 1 aromatic rings. The fraction of sp³-hybridized carbons (Fsp3) is 0.364. The number of nitriles is 1. The van der Waals surface area contributed by atoms with Crippen LogP contribution in [0.3, 0.4) is 0 Å². The monoisotopic (exact) mass is 269 g/mol. The number of rotatable bonds is 4. The predicted octanol–water partition coefficient (Wildman–Crippen LogP) is 0.823. The van der Waals surface area contributed by atoms with E-state index in [1.165, 1.54) is 12.1 Å². The van der Waals surface area contributed by atoms with E-state index in [4.69, 9.17) is 20.9 Å². The van der Waals surface area contributed by atoms with Crippen LogP contribution in [0.1, 0.15) is 19.4 Å². The van der Waals surface area contributed by atoms with Crippen LogP contribution in [0.2, 0.25) is 0 Å². The minimum absolute atomic E-state index is 0.0639. The number of nitrogens with two attached hydrogens (primary N) is 2. The first kappa shape index (κ1) is 14.3. The second-order valence-electron chi connectivity index (χ2n) is 4.22. The lowest BCUT2D eigenvalue weighted by atomic mass is 10.2. The molecule has 98 valence electrons. The summed E-state index contributed by atoms with van der Waals surface area (Å²) in [6, 6.07) is 4.59. The zero-order chi connectivity index (χ0) is 13.9. The molecule has 0 atom stereocenters. The van der Waals surface area contributed by atoms with Crippen LogP contribution in [0.25, 0.3) is 0 Å². The number of nitrogen functional groups attached to an aromatic ring is 1. The SMILES string of the molecule is CC(C)COc1ccc(N)c(S(N)(=O)=O)c1C#N. The Morgan fingerprint density at radius 1 is 1.44 bits per heavy atom. The van der Waals surface area contributed by atoms with Gasteiger partial charge in [0.05, 0.1) is 12.3 Å². The van der Waals surface area contributed by atoms with Gasteiger partial charge in [0.15, 0.2) is 0 Å². The van der Waals surface area contributed by atoms with Crippen LogP contribution in [0.4, 0.5) is 5.69 Å². The lowest BCUT2D eigenvalue weighted by molar-refractivity contribution is 0.270. The van der Waals surface area contributed by atoms with Crippen molar-refractivity contribution in [3.05, 3.63) is 17.7 Å². The molecule has 7 heteroatoms. The third kappa shape index (κ3) is 3.12. The Bertz CT molecular complexity index is 588. The molecule has 0 saturated heterocycles. The van der Waals surface area contributed by atoms with Crippen molar-refractivity contribution in [1.82, 2.24) is 0 Å². The number of hydrogen-bond donors (Lipinski definition) is 2. The highest BCUT2D eigenvalue weighted by atomic mass is 32.2. The van der Waals surface area contributed by atoms with E-state index in [1.54, 1.807) is 6.07 Å². The summed E-state index contributed by atoms with van der Waals surface area (Å²) in [5.74, 6) is 0.413. The van der Waals surface area contributed by atoms with E-state index in [2.05, 4.69) is 0 Å². The number of hydrogen-bond acceptors (Lipinski definition) is 5. The van der Waals surface area contributed by atoms with Crippen molar-refractivity contribution < 1.29 is 13.2 Å². The molecule has 0 saturated carbocycles. The number of ether oxygens (including phenoxy) is 1. The topological polar surface area (TPSA) is 119 Å². The Morgan fingerprint density at radius 3 is 2.50 bits per heavy atom. The molecular formula is C11H15N3O3S. The van der Waals surface area contributed by atoms with E-state index in [1.807, 2.05) is 13.8 Å². The molecule has 0 unspecified atom stereocenters. The minimum atomic E-state index is -4.06. The Labute approximate surface area is 106 Å². The van der Waals surface area contributed by atoms with E-state index in [0.29, 0.717) is 6.61 Å². The first-order chi connectivity index (χ1) is 8.27. The maximum atomic E-state index is 11.4. The fourth-order valence-corrected chi connectivity index (χ4v) is 2.20. The molecular weight excluding hydrogens is 254 g/mol. The molecule has 0 aliphatic carbocycles. The molecule has 0 amide bonds. The third-order valence-corrected chi connectivity index (χ3v) is 3.13. The van der Waals surface area contributed by atoms with Gasteiger partial charge in [0.25, 0.3) is 0 Å². The molecule has 1 aromatic carbocycles. The average Bonchev–Trinajstić information content (AvgIpc) is 2.24. The summed E-state index contributed by atoms with van der Waals surface area (Å²) < 4.78 is 28.2. The number of sulfonamides is 1. The van der Waals surface area contributed by atoms with Crippen LogP contribution in [0.15, 0.2) is 17.0 Å². The summed E-state index contributed by atoms with van der Waals surface area (Å²) in [7, 11) is -4.06. The van der Waals surface area contributed by atoms with Crippen LogP contribution >= 0.6 is 0 Å². The van der Waals surface area contributed by atoms with Gasteiger partial charge < -0.3 is 10.5 Å². The summed E-state index contributed by atoms with van der Waals surface area (Å²) in [4.78, 5) is -0.383. The quantitative estimate of drug-likeness (QED) is 0.784. The largest absolute Gasteiger partial charge is 0.492 e. The lowest BCUT2D eigenvalue weighted by Gasteiger charge is -2.13. The molecule has 0 aromatic heterocycles. The molecule has 18 heavy (non-hydrogen) atoms. The van der Waals surface area contributed by atoms with Gasteiger partial charge >= 0.3 is 0 Å². The Hall–Kier alpha value is -1.78. The highest BCUT2D eigenvalue weighted by molar-refractivity contribution is 7.89. The Balaban J connectivity index is 3.36. The molecule has 0 aliphatic rings. The number of primary sulfonamides is 1. The van der Waals surface area contributed by atoms with Crippen LogP contribution in [0, 0.1) is 17.2 Å². The molecule has 0 fully saturated rings. The maximum Gasteiger partial charge on any atom is 0.241 e. The molecule has 1 rings (SSSR count). The molecule has 0 bridgehead atoms. The van der Waals surface area contributed by atoms with Gasteiger partial charge in [0.2, 0.25) is 10.0 Å². The zero-order valence-corrected chi connectivity index (χ0v) is 11.0. The van der Waals surface area contributed by atoms with E-state index in [0.717, 1.165) is 0 Å². The van der Waals surface area contributed by atoms with Gasteiger partial charge in [0.1, 0.15) is 22.3 Å². The van der Waals surface area contributed by atoms with Crippen molar-refractivity contribution in [2.45, 2.75) is 18.7 Å². The van der Waals surface area contributed by atoms with E-state index in [-0.39, 0.29) is 27.8 Å². The van der Waals surface area contributed by atoms with Crippen molar-refractivity contribution >= 4 is 15.7 Å². The molecule has 6 nitrogen and oxygen atoms in total. The van der Waals surface area contributed by atoms with Crippen LogP contribution in [0.5, 0.6) is 5.75 Å². The molecule has 0 radical (unpaired) electrons. The zero-order valence-electron chi connectivity index (χ0n) is 10.2. The van der Waals surface area contributed by atoms with Gasteiger partial charge in [0, 0.05) is 0 Å². The fourth-order valence-electron chi connectivity index (χ4n) is 1.37. The van der Waals surface area contributed by atoms with Crippen LogP contribution < -0.4 is 15.6 Å². The Morgan fingerprint density at radius 2 is 2.06 bits per heavy atom. The van der Waals surface area contributed by atoms with Gasteiger partial charge in [-0.05, 0) is 18.1 Å². The molecule has 0 heterocycles. The van der Waals surface area contributed by atoms with Crippen molar-refractivity contribution in [2.24, 2.45) is 11.1 Å². The number of benzene rings is 1. The first-order valence-corrected chi connectivity index (χ1v) is 6.80. The number of anilines is 1. The van der Waals surface area contributed by atoms with E-state index in [9.17, 15) is 8.42 Å². The third-order valence-electron chi connectivity index (χ3n) is 2.12. The van der Waals surface area contributed by atoms with Gasteiger partial charge in [-0.15, -0.1) is 0 Å². The normalized spacial score (nSPS) is 11.3. The van der Waals surface area contributed by atoms with Crippen molar-refractivity contribution in [3.63, 3.8) is 0 Å². The molecule has 0 aliphatic heterocycles. The first-order valence-electron chi connectivity index (χ1n) is 5.25. The summed E-state index contributed by atoms with van der Waals surface area (Å²) >= 11 is 0. The number of nitrogens with zero attached hydrogens (tertiary/aromatic N) is 1. The molecule has 0 spiro atoms. The maximum absolute atomic E-state index is 11.4. The van der Waals surface area contributed by atoms with Crippen LogP contribution in [-0.4, -0.2) is 15.0 Å². The Kier molecular flexibility index (Phi) is 4.16. The highest BCUT2D eigenvalue weighted by Gasteiger charge is 2.22. The van der Waals surface area contributed by atoms with Crippen molar-refractivity contribution in [1.29, 1.82) is 5.26 Å². The average molecular weight is 269 g/mol. The van der Waals surface area contributed by atoms with Gasteiger partial charge in [-0.2, -0.15) is 5.26 Å². The van der Waals surface area contributed by atoms with E-state index >= 15 is 0 Å². The summed E-state index contributed by atoms with van der Waals surface area (Å²) in [6.45, 7) is 4.23. The summed E-state index contributed by atoms with van der Waals surface area (Å²) in [5.41, 5.74) is 5.32. The summed E-state index contributed by atoms with van der Waals surface area (Å²) in [6.07, 6.45) is 0. The van der Waals surface area contributed by atoms with Gasteiger partial charge in [-0.3, -0.25) is 0 Å². The molecule has 4 N–H and O–H groups in total. The van der Waals surface area contributed by atoms with E-state index < -0.39 is 10.0 Å². The minimum Gasteiger partial charge on any atom is -0.492 e. The summed E-state index contributed by atoms with van der Waals surface area (Å²) in [5, 5.41) is 14.1. The lowest BCUT2D eigenvalue weighted by Crippen LogP contribution is -2.17. The highest BCUT2D eigenvalue weighted by Crippen LogP contribution is 2.29. The second-order valence-corrected chi connectivity index (χ2v) is 5.72. The van der Waals surface area contributed by atoms with Gasteiger partial charge in [-0.25, -0.2) is 13.6 Å². The standard InChI is InChI=1S/C11H15N3O3S/c1-7(2)6-17-10-4-3-9(13)11(8(10)5-12)18(14,15)16/h3-4,7H,6,13H2,1-2H3,(H2,14,15,16). The van der Waals surface area contributed by atoms with Crippen molar-refractivity contribution in [2.75, 3.05) is 12.3 Å². The second kappa shape index (κ2) is 5.25. The van der Waals surface area contributed by atoms with Crippen LogP contribution in [-0.2, 0) is 10.0 Å². The smallest absolute Gasteiger partial charge is 0.241 e. The van der Waals surface area contributed by atoms with Gasteiger partial charge in [-0.1, -0.05) is 13.8 Å². The predicted molar refractivity (Wildman–Crippen MR) is 67.3 cm³/mol. The van der Waals surface area contributed by atoms with Crippen molar-refractivity contribution in [3.8, 4) is 11.8 Å².